The van der Waals surface area contributed by atoms with Crippen LogP contribution in [0.2, 0.25) is 0 Å². The van der Waals surface area contributed by atoms with Gasteiger partial charge in [-0.15, -0.1) is 0 Å². The Hall–Kier alpha value is -5.41. The molecular weight excluding hydrogens is 727 g/mol. The van der Waals surface area contributed by atoms with Gasteiger partial charge in [-0.2, -0.15) is 0 Å². The number of hydrogen-bond donors (Lipinski definition) is 0. The van der Waals surface area contributed by atoms with Crippen LogP contribution in [-0.2, 0) is 32.1 Å². The van der Waals surface area contributed by atoms with E-state index in [0.29, 0.717) is 29.6 Å². The van der Waals surface area contributed by atoms with Crippen LogP contribution in [0, 0.1) is 29.6 Å². The Morgan fingerprint density at radius 2 is 0.750 bits per heavy atom. The molecule has 0 fully saturated rings. The van der Waals surface area contributed by atoms with Crippen LogP contribution in [0.15, 0.2) is 134 Å². The highest BCUT2D eigenvalue weighted by molar-refractivity contribution is 5.76. The van der Waals surface area contributed by atoms with Crippen LogP contribution >= 0.6 is 0 Å². The third-order valence-corrected chi connectivity index (χ3v) is 12.0. The van der Waals surface area contributed by atoms with Gasteiger partial charge in [0.05, 0.1) is 11.4 Å². The Morgan fingerprint density at radius 1 is 0.350 bits per heavy atom. The number of benzene rings is 2. The van der Waals surface area contributed by atoms with Gasteiger partial charge in [-0.1, -0.05) is 160 Å². The topological polar surface area (TPSA) is 38.7 Å². The van der Waals surface area contributed by atoms with Crippen LogP contribution in [0.5, 0.6) is 0 Å². The molecule has 10 rings (SSSR count). The number of allylic oxidation sites excluding steroid dienone is 10. The second kappa shape index (κ2) is 20.7. The zero-order valence-electron chi connectivity index (χ0n) is 38.0. The fraction of sp³-hybridized carbons (Fsp3) is 0.351. The van der Waals surface area contributed by atoms with Crippen molar-refractivity contribution < 1.29 is 0 Å². The van der Waals surface area contributed by atoms with E-state index in [0.717, 1.165) is 32.1 Å². The first-order valence-corrected chi connectivity index (χ1v) is 22.4. The molecule has 5 aromatic rings. The largest absolute Gasteiger partial charge is 0.264 e. The molecule has 3 heteroatoms. The van der Waals surface area contributed by atoms with E-state index in [1.807, 2.05) is 36.9 Å². The quantitative estimate of drug-likeness (QED) is 0.178. The highest BCUT2D eigenvalue weighted by atomic mass is 14.7. The maximum Gasteiger partial charge on any atom is 0.0696 e. The van der Waals surface area contributed by atoms with Crippen molar-refractivity contribution in [1.82, 2.24) is 15.0 Å². The van der Waals surface area contributed by atoms with Crippen molar-refractivity contribution in [3.05, 3.63) is 190 Å². The van der Waals surface area contributed by atoms with E-state index in [2.05, 4.69) is 181 Å². The predicted octanol–water partition coefficient (Wildman–Crippen LogP) is 14.6. The average Bonchev–Trinajstić information content (AvgIpc) is 4.10. The van der Waals surface area contributed by atoms with Crippen LogP contribution in [0.25, 0.3) is 27.9 Å². The van der Waals surface area contributed by atoms with Gasteiger partial charge < -0.3 is 0 Å². The Kier molecular flexibility index (Phi) is 15.2. The Bertz CT molecular complexity index is 2000. The van der Waals surface area contributed by atoms with Crippen LogP contribution in [-0.4, -0.2) is 15.0 Å². The first-order valence-electron chi connectivity index (χ1n) is 22.4. The molecule has 3 aromatic heterocycles. The van der Waals surface area contributed by atoms with Gasteiger partial charge >= 0.3 is 0 Å². The highest BCUT2D eigenvalue weighted by Crippen LogP contribution is 2.35. The molecule has 0 radical (unpaired) electrons. The highest BCUT2D eigenvalue weighted by Gasteiger charge is 2.19. The van der Waals surface area contributed by atoms with Crippen molar-refractivity contribution in [2.75, 3.05) is 0 Å². The molecule has 5 aliphatic rings. The lowest BCUT2D eigenvalue weighted by molar-refractivity contribution is 0.851. The van der Waals surface area contributed by atoms with Crippen molar-refractivity contribution in [3.8, 4) is 0 Å². The fourth-order valence-corrected chi connectivity index (χ4v) is 8.88. The van der Waals surface area contributed by atoms with E-state index in [-0.39, 0.29) is 0 Å². The third-order valence-electron chi connectivity index (χ3n) is 12.0. The molecule has 0 amide bonds. The minimum absolute atomic E-state index is 0.598. The molecular formula is C57H67N3. The molecule has 2 aromatic carbocycles. The smallest absolute Gasteiger partial charge is 0.0696 e. The molecule has 0 spiro atoms. The zero-order chi connectivity index (χ0) is 42.8. The van der Waals surface area contributed by atoms with Gasteiger partial charge in [0.15, 0.2) is 0 Å². The summed E-state index contributed by atoms with van der Waals surface area (Å²) in [4.78, 5) is 12.9. The van der Waals surface area contributed by atoms with E-state index in [9.17, 15) is 0 Å². The lowest BCUT2D eigenvalue weighted by atomic mass is 9.97. The first-order chi connectivity index (χ1) is 28.9. The van der Waals surface area contributed by atoms with E-state index < -0.39 is 0 Å². The van der Waals surface area contributed by atoms with Gasteiger partial charge in [0.2, 0.25) is 0 Å². The summed E-state index contributed by atoms with van der Waals surface area (Å²) in [5.41, 5.74) is 21.2. The zero-order valence-corrected chi connectivity index (χ0v) is 38.0. The first kappa shape index (κ1) is 44.2. The average molecular weight is 794 g/mol. The second-order valence-electron chi connectivity index (χ2n) is 17.9. The van der Waals surface area contributed by atoms with E-state index in [4.69, 9.17) is 0 Å². The summed E-state index contributed by atoms with van der Waals surface area (Å²) in [5.74, 6) is 3.17. The molecule has 0 unspecified atom stereocenters. The van der Waals surface area contributed by atoms with Crippen LogP contribution in [0.4, 0.5) is 0 Å². The summed E-state index contributed by atoms with van der Waals surface area (Å²) in [6, 6.07) is 27.9. The van der Waals surface area contributed by atoms with Crippen molar-refractivity contribution in [3.63, 3.8) is 0 Å². The fourth-order valence-electron chi connectivity index (χ4n) is 8.88. The molecule has 60 heavy (non-hydrogen) atoms. The van der Waals surface area contributed by atoms with Crippen molar-refractivity contribution >= 4 is 27.9 Å². The summed E-state index contributed by atoms with van der Waals surface area (Å²) in [5, 5.41) is 0. The van der Waals surface area contributed by atoms with Gasteiger partial charge in [-0.25, -0.2) is 0 Å². The number of aromatic nitrogens is 3. The summed E-state index contributed by atoms with van der Waals surface area (Å²) in [7, 11) is 0. The van der Waals surface area contributed by atoms with Crippen LogP contribution < -0.4 is 0 Å². The number of rotatable bonds is 5. The lowest BCUT2D eigenvalue weighted by Crippen LogP contribution is -1.94. The summed E-state index contributed by atoms with van der Waals surface area (Å²) in [6.07, 6.45) is 24.6. The van der Waals surface area contributed by atoms with Gasteiger partial charge in [0, 0.05) is 31.2 Å². The van der Waals surface area contributed by atoms with Crippen molar-refractivity contribution in [2.24, 2.45) is 29.6 Å². The number of fused-ring (bicyclic) bond motifs is 5. The van der Waals surface area contributed by atoms with Crippen LogP contribution in [0.1, 0.15) is 125 Å². The summed E-state index contributed by atoms with van der Waals surface area (Å²) < 4.78 is 0. The summed E-state index contributed by atoms with van der Waals surface area (Å²) >= 11 is 0. The molecule has 0 aliphatic heterocycles. The number of nitrogens with zero attached hydrogens (tertiary/aromatic N) is 3. The second-order valence-corrected chi connectivity index (χ2v) is 17.9. The Morgan fingerprint density at radius 3 is 1.32 bits per heavy atom. The molecule has 3 nitrogen and oxygen atoms in total. The molecule has 310 valence electrons. The van der Waals surface area contributed by atoms with Crippen LogP contribution in [0.3, 0.4) is 0 Å². The van der Waals surface area contributed by atoms with Gasteiger partial charge in [-0.3, -0.25) is 15.0 Å². The van der Waals surface area contributed by atoms with Crippen molar-refractivity contribution in [2.45, 2.75) is 101 Å². The molecule has 0 saturated heterocycles. The standard InChI is InChI=1S/2C12H14.3C11H13N/c2*1-9(2)11-8-7-10-5-3-4-6-12(10)11;1-8(2)10-4-3-9-7-12-6-5-11(9)10;1-8(2)9-5-6-11-10(9)4-3-7-12-11;1-8(2)10-6-5-9-4-3-7-12-11(9)10/h2*3-6,8-9H,7H2,1-2H3;4-8H,3H2,1-2H3;3-5,7-8H,6H2,1-2H3;3-4,6-8H,5H2,1-2H3. The maximum absolute atomic E-state index is 4.39. The Labute approximate surface area is 362 Å². The third kappa shape index (κ3) is 10.7. The normalized spacial score (nSPS) is 14.8. The van der Waals surface area contributed by atoms with Gasteiger partial charge in [0.1, 0.15) is 0 Å². The molecule has 0 saturated carbocycles. The van der Waals surface area contributed by atoms with Gasteiger partial charge in [-0.05, 0) is 146 Å². The van der Waals surface area contributed by atoms with Crippen molar-refractivity contribution in [1.29, 1.82) is 0 Å². The van der Waals surface area contributed by atoms with E-state index >= 15 is 0 Å². The van der Waals surface area contributed by atoms with E-state index in [1.54, 1.807) is 0 Å². The molecule has 0 N–H and O–H groups in total. The van der Waals surface area contributed by atoms with E-state index in [1.165, 1.54) is 83.8 Å². The predicted molar refractivity (Wildman–Crippen MR) is 258 cm³/mol. The molecule has 5 aliphatic carbocycles. The van der Waals surface area contributed by atoms with Gasteiger partial charge in [0.25, 0.3) is 0 Å². The molecule has 0 bridgehead atoms. The summed E-state index contributed by atoms with van der Waals surface area (Å²) in [6.45, 7) is 22.4. The molecule has 0 atom stereocenters. The SMILES string of the molecule is CC(C)C1=CCc2ccccc21.CC(C)C1=CCc2ccccc21.CC(C)C1=CCc2cccnc21.CC(C)C1=CCc2cnccc21.CC(C)C1=CCc2ncccc21. The number of pyridine rings is 3. The monoisotopic (exact) mass is 794 g/mol. The maximum atomic E-state index is 4.39. The minimum atomic E-state index is 0.598. The molecule has 3 heterocycles. The minimum Gasteiger partial charge on any atom is -0.264 e. The number of hydrogen-bond acceptors (Lipinski definition) is 3. The lowest BCUT2D eigenvalue weighted by Gasteiger charge is -2.08. The Balaban J connectivity index is 0.000000126.